The van der Waals surface area contributed by atoms with E-state index in [0.717, 1.165) is 22.0 Å². The quantitative estimate of drug-likeness (QED) is 0.655. The fraction of sp³-hybridized carbons (Fsp3) is 0.100. The van der Waals surface area contributed by atoms with Crippen molar-refractivity contribution in [3.63, 3.8) is 0 Å². The molecule has 0 aliphatic carbocycles. The molecular formula is C20H17O3P. The average Bonchev–Trinajstić information content (AvgIpc) is 2.62. The Labute approximate surface area is 141 Å². The van der Waals surface area contributed by atoms with Gasteiger partial charge < -0.3 is 9.26 Å². The smallest absolute Gasteiger partial charge is 0.307 e. The summed E-state index contributed by atoms with van der Waals surface area (Å²) >= 11 is 0. The first-order valence-electron chi connectivity index (χ1n) is 7.77. The molecule has 0 fully saturated rings. The van der Waals surface area contributed by atoms with Crippen LogP contribution in [-0.2, 0) is 4.57 Å². The van der Waals surface area contributed by atoms with Crippen LogP contribution in [0.15, 0.2) is 66.7 Å². The van der Waals surface area contributed by atoms with Gasteiger partial charge in [-0.05, 0) is 42.3 Å². The van der Waals surface area contributed by atoms with E-state index in [1.807, 2.05) is 73.7 Å². The topological polar surface area (TPSA) is 35.5 Å². The number of hydrogen-bond donors (Lipinski definition) is 0. The van der Waals surface area contributed by atoms with Crippen molar-refractivity contribution in [2.75, 3.05) is 7.11 Å². The van der Waals surface area contributed by atoms with Crippen molar-refractivity contribution in [2.45, 2.75) is 6.92 Å². The number of benzene rings is 3. The first-order valence-corrected chi connectivity index (χ1v) is 9.40. The third kappa shape index (κ3) is 2.16. The lowest BCUT2D eigenvalue weighted by Gasteiger charge is -2.29. The highest BCUT2D eigenvalue weighted by Gasteiger charge is 2.37. The van der Waals surface area contributed by atoms with E-state index in [9.17, 15) is 4.57 Å². The maximum Gasteiger partial charge on any atom is 0.307 e. The molecule has 3 nitrogen and oxygen atoms in total. The Balaban J connectivity index is 1.98. The highest BCUT2D eigenvalue weighted by atomic mass is 31.2. The van der Waals surface area contributed by atoms with Crippen LogP contribution in [0.2, 0.25) is 0 Å². The van der Waals surface area contributed by atoms with Gasteiger partial charge in [0.25, 0.3) is 0 Å². The lowest BCUT2D eigenvalue weighted by Crippen LogP contribution is -2.25. The van der Waals surface area contributed by atoms with Crippen molar-refractivity contribution >= 4 is 18.0 Å². The molecule has 1 aliphatic rings. The van der Waals surface area contributed by atoms with Crippen LogP contribution in [0.1, 0.15) is 5.56 Å². The second-order valence-electron chi connectivity index (χ2n) is 5.81. The van der Waals surface area contributed by atoms with E-state index in [4.69, 9.17) is 9.26 Å². The number of methoxy groups -OCH3 is 1. The number of para-hydroxylation sites is 1. The highest BCUT2D eigenvalue weighted by Crippen LogP contribution is 2.54. The predicted octanol–water partition coefficient (Wildman–Crippen LogP) is 4.29. The summed E-state index contributed by atoms with van der Waals surface area (Å²) in [7, 11) is -1.61. The van der Waals surface area contributed by atoms with Crippen molar-refractivity contribution in [3.8, 4) is 22.6 Å². The van der Waals surface area contributed by atoms with Gasteiger partial charge in [0.1, 0.15) is 11.5 Å². The van der Waals surface area contributed by atoms with E-state index in [2.05, 4.69) is 0 Å². The van der Waals surface area contributed by atoms with Crippen LogP contribution in [-0.4, -0.2) is 7.11 Å². The molecule has 0 N–H and O–H groups in total. The molecule has 0 aromatic heterocycles. The van der Waals surface area contributed by atoms with E-state index in [-0.39, 0.29) is 0 Å². The fourth-order valence-electron chi connectivity index (χ4n) is 3.10. The minimum absolute atomic E-state index is 0.645. The molecule has 0 amide bonds. The summed E-state index contributed by atoms with van der Waals surface area (Å²) in [5, 5.41) is 1.38. The van der Waals surface area contributed by atoms with E-state index in [1.54, 1.807) is 7.11 Å². The lowest BCUT2D eigenvalue weighted by atomic mass is 10.0. The fourth-order valence-corrected chi connectivity index (χ4v) is 5.37. The number of ether oxygens (including phenoxy) is 1. The molecule has 120 valence electrons. The van der Waals surface area contributed by atoms with Gasteiger partial charge in [-0.15, -0.1) is 0 Å². The maximum atomic E-state index is 13.9. The molecule has 3 aromatic carbocycles. The van der Waals surface area contributed by atoms with Gasteiger partial charge in [-0.3, -0.25) is 4.57 Å². The van der Waals surface area contributed by atoms with Crippen LogP contribution in [0, 0.1) is 6.92 Å². The van der Waals surface area contributed by atoms with Gasteiger partial charge in [0.05, 0.1) is 17.7 Å². The predicted molar refractivity (Wildman–Crippen MR) is 97.1 cm³/mol. The number of aryl methyl sites for hydroxylation is 1. The Kier molecular flexibility index (Phi) is 3.47. The molecule has 1 aliphatic heterocycles. The second-order valence-corrected chi connectivity index (χ2v) is 8.09. The zero-order valence-electron chi connectivity index (χ0n) is 13.5. The Morgan fingerprint density at radius 2 is 1.62 bits per heavy atom. The molecule has 0 bridgehead atoms. The minimum Gasteiger partial charge on any atom is -0.496 e. The van der Waals surface area contributed by atoms with E-state index in [1.165, 1.54) is 0 Å². The largest absolute Gasteiger partial charge is 0.496 e. The van der Waals surface area contributed by atoms with Gasteiger partial charge in [-0.2, -0.15) is 0 Å². The molecule has 0 radical (unpaired) electrons. The summed E-state index contributed by atoms with van der Waals surface area (Å²) in [4.78, 5) is 0. The monoisotopic (exact) mass is 336 g/mol. The van der Waals surface area contributed by atoms with Gasteiger partial charge in [0, 0.05) is 5.56 Å². The molecule has 4 heteroatoms. The zero-order chi connectivity index (χ0) is 16.7. The second kappa shape index (κ2) is 5.54. The highest BCUT2D eigenvalue weighted by molar-refractivity contribution is 7.75. The molecule has 0 saturated heterocycles. The zero-order valence-corrected chi connectivity index (χ0v) is 14.4. The van der Waals surface area contributed by atoms with Gasteiger partial charge in [0.15, 0.2) is 0 Å². The van der Waals surface area contributed by atoms with Gasteiger partial charge >= 0.3 is 7.37 Å². The average molecular weight is 336 g/mol. The number of rotatable bonds is 2. The standard InChI is InChI=1S/C20H17O3P/c1-14-11-12-15(13-19(14)22-2)24(21)20-10-6-4-8-17(20)16-7-3-5-9-18(16)23-24/h3-13H,1-2H3. The molecule has 24 heavy (non-hydrogen) atoms. The maximum absolute atomic E-state index is 13.9. The third-order valence-electron chi connectivity index (χ3n) is 4.36. The minimum atomic E-state index is -3.23. The summed E-state index contributed by atoms with van der Waals surface area (Å²) in [6, 6.07) is 21.1. The molecular weight excluding hydrogens is 319 g/mol. The van der Waals surface area contributed by atoms with Crippen molar-refractivity contribution in [2.24, 2.45) is 0 Å². The van der Waals surface area contributed by atoms with Crippen molar-refractivity contribution in [1.29, 1.82) is 0 Å². The van der Waals surface area contributed by atoms with Gasteiger partial charge in [-0.25, -0.2) is 0 Å². The summed E-state index contributed by atoms with van der Waals surface area (Å²) in [5.41, 5.74) is 2.93. The van der Waals surface area contributed by atoms with Crippen LogP contribution < -0.4 is 19.9 Å². The summed E-state index contributed by atoms with van der Waals surface area (Å²) in [6.45, 7) is 1.96. The Morgan fingerprint density at radius 3 is 2.42 bits per heavy atom. The number of fused-ring (bicyclic) bond motifs is 3. The Bertz CT molecular complexity index is 978. The van der Waals surface area contributed by atoms with Crippen molar-refractivity contribution in [1.82, 2.24) is 0 Å². The van der Waals surface area contributed by atoms with E-state index < -0.39 is 7.37 Å². The summed E-state index contributed by atoms with van der Waals surface area (Å²) < 4.78 is 25.4. The Hall–Kier alpha value is -2.51. The lowest BCUT2D eigenvalue weighted by molar-refractivity contribution is 0.412. The normalized spacial score (nSPS) is 18.2. The van der Waals surface area contributed by atoms with Crippen LogP contribution >= 0.6 is 7.37 Å². The molecule has 3 aromatic rings. The van der Waals surface area contributed by atoms with Crippen molar-refractivity contribution < 1.29 is 13.8 Å². The van der Waals surface area contributed by atoms with E-state index >= 15 is 0 Å². The Morgan fingerprint density at radius 1 is 0.917 bits per heavy atom. The van der Waals surface area contributed by atoms with Crippen molar-refractivity contribution in [3.05, 3.63) is 72.3 Å². The molecule has 0 saturated carbocycles. The van der Waals surface area contributed by atoms with Gasteiger partial charge in [-0.1, -0.05) is 42.5 Å². The molecule has 1 atom stereocenters. The first-order chi connectivity index (χ1) is 11.6. The third-order valence-corrected chi connectivity index (χ3v) is 6.79. The van der Waals surface area contributed by atoms with Crippen LogP contribution in [0.5, 0.6) is 11.5 Å². The molecule has 1 heterocycles. The van der Waals surface area contributed by atoms with Crippen LogP contribution in [0.3, 0.4) is 0 Å². The van der Waals surface area contributed by atoms with Gasteiger partial charge in [0.2, 0.25) is 0 Å². The number of hydrogen-bond acceptors (Lipinski definition) is 3. The molecule has 0 spiro atoms. The SMILES string of the molecule is COc1cc(P2(=O)Oc3ccccc3-c3ccccc32)ccc1C. The molecule has 4 rings (SSSR count). The van der Waals surface area contributed by atoms with E-state index in [0.29, 0.717) is 16.8 Å². The first kappa shape index (κ1) is 15.0. The van der Waals surface area contributed by atoms with Crippen LogP contribution in [0.25, 0.3) is 11.1 Å². The molecule has 1 unspecified atom stereocenters. The summed E-state index contributed by atoms with van der Waals surface area (Å²) in [5.74, 6) is 1.36. The summed E-state index contributed by atoms with van der Waals surface area (Å²) in [6.07, 6.45) is 0. The van der Waals surface area contributed by atoms with Crippen LogP contribution in [0.4, 0.5) is 0 Å².